The Hall–Kier alpha value is -1.95. The summed E-state index contributed by atoms with van der Waals surface area (Å²) in [6.45, 7) is 4.45. The maximum atomic E-state index is 12.3. The largest absolute Gasteiger partial charge is 0.368 e. The minimum atomic E-state index is -0.510. The van der Waals surface area contributed by atoms with Crippen LogP contribution in [0.25, 0.3) is 0 Å². The molecule has 2 N–H and O–H groups in total. The first-order chi connectivity index (χ1) is 11.5. The monoisotopic (exact) mass is 350 g/mol. The number of carbonyl (C=O) groups excluding carboxylic acids is 2. The van der Waals surface area contributed by atoms with Crippen molar-refractivity contribution in [1.29, 1.82) is 0 Å². The van der Waals surface area contributed by atoms with Gasteiger partial charge >= 0.3 is 6.03 Å². The second-order valence-corrected chi connectivity index (χ2v) is 6.84. The highest BCUT2D eigenvalue weighted by molar-refractivity contribution is 6.30. The van der Waals surface area contributed by atoms with E-state index >= 15 is 0 Å². The van der Waals surface area contributed by atoms with Crippen molar-refractivity contribution in [3.63, 3.8) is 0 Å². The number of piperazine rings is 1. The summed E-state index contributed by atoms with van der Waals surface area (Å²) in [6, 6.07) is 7.34. The van der Waals surface area contributed by atoms with E-state index in [1.165, 1.54) is 0 Å². The van der Waals surface area contributed by atoms with Crippen LogP contribution < -0.4 is 15.5 Å². The first kappa shape index (κ1) is 16.9. The van der Waals surface area contributed by atoms with Gasteiger partial charge in [-0.05, 0) is 38.0 Å². The standard InChI is InChI=1S/C17H23ClN4O2/c1-12(16(23)20-14-5-6-14)19-17(24)22-9-7-21(8-10-22)15-4-2-3-13(18)11-15/h2-4,11-12,14H,5-10H2,1H3,(H,19,24)(H,20,23)/t12-/m0/s1. The summed E-state index contributed by atoms with van der Waals surface area (Å²) < 4.78 is 0. The van der Waals surface area contributed by atoms with E-state index in [0.29, 0.717) is 24.2 Å². The van der Waals surface area contributed by atoms with Crippen molar-refractivity contribution < 1.29 is 9.59 Å². The van der Waals surface area contributed by atoms with Crippen LogP contribution in [0.1, 0.15) is 19.8 Å². The fraction of sp³-hybridized carbons (Fsp3) is 0.529. The molecule has 1 aromatic carbocycles. The molecule has 6 nitrogen and oxygen atoms in total. The number of nitrogens with one attached hydrogen (secondary N) is 2. The molecule has 1 atom stereocenters. The molecule has 0 radical (unpaired) electrons. The number of carbonyl (C=O) groups is 2. The summed E-state index contributed by atoms with van der Waals surface area (Å²) in [5.74, 6) is -0.108. The Kier molecular flexibility index (Phi) is 5.14. The molecule has 0 bridgehead atoms. The highest BCUT2D eigenvalue weighted by Crippen LogP contribution is 2.21. The van der Waals surface area contributed by atoms with E-state index in [-0.39, 0.29) is 11.9 Å². The summed E-state index contributed by atoms with van der Waals surface area (Å²) in [5.41, 5.74) is 1.07. The number of halogens is 1. The molecular weight excluding hydrogens is 328 g/mol. The summed E-state index contributed by atoms with van der Waals surface area (Å²) in [5, 5.41) is 6.40. The fourth-order valence-corrected chi connectivity index (χ4v) is 2.92. The van der Waals surface area contributed by atoms with E-state index in [2.05, 4.69) is 15.5 Å². The number of benzene rings is 1. The normalized spacial score (nSPS) is 18.9. The van der Waals surface area contributed by atoms with Gasteiger partial charge in [0.25, 0.3) is 0 Å². The predicted octanol–water partition coefficient (Wildman–Crippen LogP) is 1.84. The minimum absolute atomic E-state index is 0.108. The molecule has 130 valence electrons. The van der Waals surface area contributed by atoms with Crippen LogP contribution in [0.2, 0.25) is 5.02 Å². The van der Waals surface area contributed by atoms with Gasteiger partial charge in [-0.3, -0.25) is 4.79 Å². The summed E-state index contributed by atoms with van der Waals surface area (Å²) in [4.78, 5) is 28.2. The van der Waals surface area contributed by atoms with Gasteiger partial charge in [-0.25, -0.2) is 4.79 Å². The van der Waals surface area contributed by atoms with Crippen LogP contribution >= 0.6 is 11.6 Å². The Bertz CT molecular complexity index is 612. The molecule has 3 amide bonds. The molecule has 1 aliphatic heterocycles. The van der Waals surface area contributed by atoms with E-state index in [9.17, 15) is 9.59 Å². The number of urea groups is 1. The van der Waals surface area contributed by atoms with Gasteiger partial charge in [0.15, 0.2) is 0 Å². The quantitative estimate of drug-likeness (QED) is 0.870. The van der Waals surface area contributed by atoms with E-state index in [0.717, 1.165) is 31.6 Å². The molecule has 1 saturated carbocycles. The van der Waals surface area contributed by atoms with Gasteiger partial charge in [-0.1, -0.05) is 17.7 Å². The van der Waals surface area contributed by atoms with Gasteiger partial charge < -0.3 is 20.4 Å². The molecule has 1 aromatic rings. The Labute approximate surface area is 147 Å². The number of rotatable bonds is 4. The molecule has 0 aromatic heterocycles. The van der Waals surface area contributed by atoms with Crippen LogP contribution in [-0.2, 0) is 4.79 Å². The average Bonchev–Trinajstić information content (AvgIpc) is 3.39. The van der Waals surface area contributed by atoms with E-state index < -0.39 is 6.04 Å². The molecule has 0 unspecified atom stereocenters. The molecule has 7 heteroatoms. The third kappa shape index (κ3) is 4.32. The third-order valence-electron chi connectivity index (χ3n) is 4.40. The SMILES string of the molecule is C[C@H](NC(=O)N1CCN(c2cccc(Cl)c2)CC1)C(=O)NC1CC1. The van der Waals surface area contributed by atoms with Crippen LogP contribution in [0.15, 0.2) is 24.3 Å². The molecular formula is C17H23ClN4O2. The number of anilines is 1. The second-order valence-electron chi connectivity index (χ2n) is 6.41. The van der Waals surface area contributed by atoms with Crippen LogP contribution in [0.4, 0.5) is 10.5 Å². The molecule has 0 spiro atoms. The number of amides is 3. The topological polar surface area (TPSA) is 64.7 Å². The van der Waals surface area contributed by atoms with Gasteiger partial charge in [-0.2, -0.15) is 0 Å². The zero-order valence-corrected chi connectivity index (χ0v) is 14.6. The lowest BCUT2D eigenvalue weighted by Crippen LogP contribution is -2.55. The van der Waals surface area contributed by atoms with Crippen LogP contribution in [-0.4, -0.2) is 55.1 Å². The Morgan fingerprint density at radius 1 is 1.21 bits per heavy atom. The highest BCUT2D eigenvalue weighted by atomic mass is 35.5. The van der Waals surface area contributed by atoms with Gasteiger partial charge in [0, 0.05) is 42.9 Å². The van der Waals surface area contributed by atoms with E-state index in [4.69, 9.17) is 11.6 Å². The fourth-order valence-electron chi connectivity index (χ4n) is 2.74. The van der Waals surface area contributed by atoms with Crippen molar-refractivity contribution in [1.82, 2.24) is 15.5 Å². The van der Waals surface area contributed by atoms with Gasteiger partial charge in [0.2, 0.25) is 5.91 Å². The van der Waals surface area contributed by atoms with Crippen LogP contribution in [0.3, 0.4) is 0 Å². The minimum Gasteiger partial charge on any atom is -0.368 e. The summed E-state index contributed by atoms with van der Waals surface area (Å²) in [7, 11) is 0. The predicted molar refractivity (Wildman–Crippen MR) is 94.4 cm³/mol. The lowest BCUT2D eigenvalue weighted by Gasteiger charge is -2.36. The zero-order valence-electron chi connectivity index (χ0n) is 13.8. The number of hydrogen-bond acceptors (Lipinski definition) is 3. The molecule has 3 rings (SSSR count). The highest BCUT2D eigenvalue weighted by Gasteiger charge is 2.28. The van der Waals surface area contributed by atoms with E-state index in [1.54, 1.807) is 11.8 Å². The van der Waals surface area contributed by atoms with Gasteiger partial charge in [0.05, 0.1) is 0 Å². The summed E-state index contributed by atoms with van der Waals surface area (Å²) in [6.07, 6.45) is 2.08. The Balaban J connectivity index is 1.47. The van der Waals surface area contributed by atoms with Crippen molar-refractivity contribution in [3.05, 3.63) is 29.3 Å². The first-order valence-corrected chi connectivity index (χ1v) is 8.77. The smallest absolute Gasteiger partial charge is 0.318 e. The molecule has 1 saturated heterocycles. The zero-order chi connectivity index (χ0) is 17.1. The van der Waals surface area contributed by atoms with Crippen molar-refractivity contribution in [3.8, 4) is 0 Å². The van der Waals surface area contributed by atoms with Crippen molar-refractivity contribution in [2.24, 2.45) is 0 Å². The third-order valence-corrected chi connectivity index (χ3v) is 4.63. The second kappa shape index (κ2) is 7.30. The van der Waals surface area contributed by atoms with Crippen molar-refractivity contribution in [2.45, 2.75) is 31.8 Å². The lowest BCUT2D eigenvalue weighted by atomic mass is 10.2. The maximum Gasteiger partial charge on any atom is 0.318 e. The summed E-state index contributed by atoms with van der Waals surface area (Å²) >= 11 is 6.03. The van der Waals surface area contributed by atoms with Crippen molar-refractivity contribution >= 4 is 29.2 Å². The van der Waals surface area contributed by atoms with Gasteiger partial charge in [-0.15, -0.1) is 0 Å². The van der Waals surface area contributed by atoms with Crippen LogP contribution in [0, 0.1) is 0 Å². The van der Waals surface area contributed by atoms with Gasteiger partial charge in [0.1, 0.15) is 6.04 Å². The van der Waals surface area contributed by atoms with E-state index in [1.807, 2.05) is 24.3 Å². The Morgan fingerprint density at radius 2 is 1.92 bits per heavy atom. The first-order valence-electron chi connectivity index (χ1n) is 8.39. The lowest BCUT2D eigenvalue weighted by molar-refractivity contribution is -0.122. The van der Waals surface area contributed by atoms with Crippen LogP contribution in [0.5, 0.6) is 0 Å². The molecule has 1 aliphatic carbocycles. The molecule has 24 heavy (non-hydrogen) atoms. The molecule has 2 aliphatic rings. The average molecular weight is 351 g/mol. The number of hydrogen-bond donors (Lipinski definition) is 2. The molecule has 2 fully saturated rings. The number of nitrogens with zero attached hydrogens (tertiary/aromatic N) is 2. The van der Waals surface area contributed by atoms with Crippen molar-refractivity contribution in [2.75, 3.05) is 31.1 Å². The molecule has 1 heterocycles. The Morgan fingerprint density at radius 3 is 2.54 bits per heavy atom. The maximum absolute atomic E-state index is 12.3.